The number of fused-ring (bicyclic) bond motifs is 2. The van der Waals surface area contributed by atoms with Crippen molar-refractivity contribution in [3.63, 3.8) is 0 Å². The molecule has 0 saturated carbocycles. The summed E-state index contributed by atoms with van der Waals surface area (Å²) >= 11 is 3.38. The minimum Gasteiger partial charge on any atom is -0.427 e. The zero-order valence-corrected chi connectivity index (χ0v) is 9.83. The molecule has 1 saturated heterocycles. The minimum atomic E-state index is -1.08. The largest absolute Gasteiger partial charge is 0.427 e. The number of carbonyl (C=O) groups excluding carboxylic acids is 2. The van der Waals surface area contributed by atoms with Crippen LogP contribution in [0.25, 0.3) is 0 Å². The van der Waals surface area contributed by atoms with Gasteiger partial charge in [0.1, 0.15) is 0 Å². The number of carbonyl (C=O) groups is 2. The third-order valence-corrected chi connectivity index (χ3v) is 3.59. The Morgan fingerprint density at radius 1 is 1.38 bits per heavy atom. The molecular formula is C11H8BrNO3. The lowest BCUT2D eigenvalue weighted by Crippen LogP contribution is -2.34. The van der Waals surface area contributed by atoms with E-state index in [9.17, 15) is 9.59 Å². The third kappa shape index (κ3) is 1.15. The first-order valence-electron chi connectivity index (χ1n) is 4.95. The average Bonchev–Trinajstić information content (AvgIpc) is 2.70. The normalized spacial score (nSPS) is 26.8. The molecule has 2 aliphatic rings. The molecule has 1 aromatic rings. The van der Waals surface area contributed by atoms with Gasteiger partial charge in [0, 0.05) is 16.5 Å². The number of imide groups is 1. The van der Waals surface area contributed by atoms with Crippen molar-refractivity contribution in [2.45, 2.75) is 18.4 Å². The van der Waals surface area contributed by atoms with E-state index in [1.54, 1.807) is 0 Å². The van der Waals surface area contributed by atoms with Crippen LogP contribution in [0.3, 0.4) is 0 Å². The maximum Gasteiger partial charge on any atom is 0.415 e. The zero-order valence-electron chi connectivity index (χ0n) is 8.25. The van der Waals surface area contributed by atoms with Gasteiger partial charge in [0.05, 0.1) is 0 Å². The summed E-state index contributed by atoms with van der Waals surface area (Å²) in [5, 5.41) is 2.19. The minimum absolute atomic E-state index is 0.349. The van der Waals surface area contributed by atoms with E-state index in [0.29, 0.717) is 6.42 Å². The highest BCUT2D eigenvalue weighted by molar-refractivity contribution is 9.10. The van der Waals surface area contributed by atoms with Crippen molar-refractivity contribution in [3.8, 4) is 0 Å². The molecule has 82 valence electrons. The Bertz CT molecular complexity index is 514. The number of amides is 2. The fourth-order valence-electron chi connectivity index (χ4n) is 2.37. The molecule has 16 heavy (non-hydrogen) atoms. The lowest BCUT2D eigenvalue weighted by molar-refractivity contribution is -0.131. The highest BCUT2D eigenvalue weighted by Crippen LogP contribution is 2.43. The summed E-state index contributed by atoms with van der Waals surface area (Å²) in [6, 6.07) is 5.65. The maximum absolute atomic E-state index is 11.8. The number of hydrogen-bond donors (Lipinski definition) is 1. The van der Waals surface area contributed by atoms with E-state index in [4.69, 9.17) is 4.74 Å². The van der Waals surface area contributed by atoms with Crippen molar-refractivity contribution in [1.82, 2.24) is 5.32 Å². The second-order valence-electron chi connectivity index (χ2n) is 3.97. The third-order valence-electron chi connectivity index (χ3n) is 3.10. The number of ether oxygens (including phenoxy) is 1. The molecule has 0 aromatic heterocycles. The summed E-state index contributed by atoms with van der Waals surface area (Å²) in [4.78, 5) is 22.9. The molecule has 1 aliphatic heterocycles. The van der Waals surface area contributed by atoms with Gasteiger partial charge in [-0.15, -0.1) is 0 Å². The van der Waals surface area contributed by atoms with Crippen LogP contribution in [0.1, 0.15) is 17.5 Å². The standard InChI is InChI=1S/C11H8BrNO3/c12-7-1-2-8-6(5-7)3-4-11(8)9(14)13-10(15)16-11/h1-2,5H,3-4H2,(H,13,14,15). The second kappa shape index (κ2) is 3.07. The molecule has 1 unspecified atom stereocenters. The monoisotopic (exact) mass is 281 g/mol. The molecule has 0 bridgehead atoms. The molecule has 1 aliphatic carbocycles. The van der Waals surface area contributed by atoms with Crippen molar-refractivity contribution in [3.05, 3.63) is 33.8 Å². The number of benzene rings is 1. The quantitative estimate of drug-likeness (QED) is 0.790. The number of nitrogens with one attached hydrogen (secondary N) is 1. The molecule has 1 fully saturated rings. The van der Waals surface area contributed by atoms with Gasteiger partial charge in [0.25, 0.3) is 5.91 Å². The van der Waals surface area contributed by atoms with Crippen LogP contribution in [-0.2, 0) is 21.6 Å². The fraction of sp³-hybridized carbons (Fsp3) is 0.273. The second-order valence-corrected chi connectivity index (χ2v) is 4.89. The number of halogens is 1. The van der Waals surface area contributed by atoms with Gasteiger partial charge in [0.15, 0.2) is 0 Å². The Morgan fingerprint density at radius 3 is 2.88 bits per heavy atom. The van der Waals surface area contributed by atoms with Gasteiger partial charge in [-0.1, -0.05) is 22.0 Å². The van der Waals surface area contributed by atoms with Crippen LogP contribution >= 0.6 is 15.9 Å². The molecular weight excluding hydrogens is 274 g/mol. The molecule has 5 heteroatoms. The Morgan fingerprint density at radius 2 is 2.19 bits per heavy atom. The molecule has 3 rings (SSSR count). The molecule has 1 N–H and O–H groups in total. The van der Waals surface area contributed by atoms with Crippen molar-refractivity contribution in [2.75, 3.05) is 0 Å². The summed E-state index contributed by atoms with van der Waals surface area (Å²) in [6.45, 7) is 0. The van der Waals surface area contributed by atoms with Crippen molar-refractivity contribution in [1.29, 1.82) is 0 Å². The van der Waals surface area contributed by atoms with Crippen molar-refractivity contribution in [2.24, 2.45) is 0 Å². The lowest BCUT2D eigenvalue weighted by atomic mass is 9.95. The lowest BCUT2D eigenvalue weighted by Gasteiger charge is -2.19. The van der Waals surface area contributed by atoms with Gasteiger partial charge in [-0.3, -0.25) is 10.1 Å². The van der Waals surface area contributed by atoms with Gasteiger partial charge < -0.3 is 4.74 Å². The van der Waals surface area contributed by atoms with Gasteiger partial charge in [-0.2, -0.15) is 0 Å². The van der Waals surface area contributed by atoms with E-state index in [-0.39, 0.29) is 5.91 Å². The molecule has 1 atom stereocenters. The van der Waals surface area contributed by atoms with Gasteiger partial charge >= 0.3 is 6.09 Å². The van der Waals surface area contributed by atoms with E-state index in [1.807, 2.05) is 18.2 Å². The summed E-state index contributed by atoms with van der Waals surface area (Å²) in [6.07, 6.45) is 0.618. The van der Waals surface area contributed by atoms with E-state index in [1.165, 1.54) is 0 Å². The number of rotatable bonds is 0. The number of aryl methyl sites for hydroxylation is 1. The molecule has 1 spiro atoms. The van der Waals surface area contributed by atoms with Crippen LogP contribution < -0.4 is 5.32 Å². The highest BCUT2D eigenvalue weighted by atomic mass is 79.9. The average molecular weight is 282 g/mol. The van der Waals surface area contributed by atoms with Gasteiger partial charge in [-0.05, 0) is 24.1 Å². The van der Waals surface area contributed by atoms with Crippen molar-refractivity contribution >= 4 is 27.9 Å². The van der Waals surface area contributed by atoms with E-state index >= 15 is 0 Å². The van der Waals surface area contributed by atoms with E-state index < -0.39 is 11.7 Å². The highest BCUT2D eigenvalue weighted by Gasteiger charge is 2.53. The van der Waals surface area contributed by atoms with E-state index in [0.717, 1.165) is 22.0 Å². The Kier molecular flexibility index (Phi) is 1.89. The van der Waals surface area contributed by atoms with Crippen LogP contribution in [-0.4, -0.2) is 12.0 Å². The summed E-state index contributed by atoms with van der Waals surface area (Å²) in [5.74, 6) is -0.349. The molecule has 0 radical (unpaired) electrons. The Hall–Kier alpha value is -1.36. The van der Waals surface area contributed by atoms with Crippen LogP contribution in [0.4, 0.5) is 4.79 Å². The number of alkyl carbamates (subject to hydrolysis) is 1. The topological polar surface area (TPSA) is 55.4 Å². The van der Waals surface area contributed by atoms with Crippen LogP contribution in [0.15, 0.2) is 22.7 Å². The van der Waals surface area contributed by atoms with Gasteiger partial charge in [0.2, 0.25) is 5.60 Å². The van der Waals surface area contributed by atoms with E-state index in [2.05, 4.69) is 21.2 Å². The first kappa shape index (κ1) is 9.84. The predicted molar refractivity (Wildman–Crippen MR) is 58.8 cm³/mol. The first-order chi connectivity index (χ1) is 7.62. The zero-order chi connectivity index (χ0) is 11.3. The first-order valence-corrected chi connectivity index (χ1v) is 5.74. The summed E-state index contributed by atoms with van der Waals surface area (Å²) < 4.78 is 6.14. The Balaban J connectivity index is 2.15. The molecule has 1 heterocycles. The van der Waals surface area contributed by atoms with Gasteiger partial charge in [-0.25, -0.2) is 4.79 Å². The molecule has 2 amide bonds. The van der Waals surface area contributed by atoms with Crippen LogP contribution in [0.5, 0.6) is 0 Å². The predicted octanol–water partition coefficient (Wildman–Crippen LogP) is 1.86. The molecule has 4 nitrogen and oxygen atoms in total. The summed E-state index contributed by atoms with van der Waals surface area (Å²) in [7, 11) is 0. The molecule has 1 aromatic carbocycles. The summed E-state index contributed by atoms with van der Waals surface area (Å²) in [5.41, 5.74) is 0.783. The maximum atomic E-state index is 11.8. The van der Waals surface area contributed by atoms with Crippen LogP contribution in [0.2, 0.25) is 0 Å². The SMILES string of the molecule is O=C1NC(=O)C2(CCc3cc(Br)ccc32)O1. The van der Waals surface area contributed by atoms with Crippen LogP contribution in [0, 0.1) is 0 Å². The van der Waals surface area contributed by atoms with Crippen molar-refractivity contribution < 1.29 is 14.3 Å². The fourth-order valence-corrected chi connectivity index (χ4v) is 2.78. The number of hydrogen-bond acceptors (Lipinski definition) is 3. The smallest absolute Gasteiger partial charge is 0.415 e. The Labute approximate surface area is 100 Å².